The van der Waals surface area contributed by atoms with Crippen LogP contribution in [0.4, 0.5) is 0 Å². The Labute approximate surface area is 112 Å². The van der Waals surface area contributed by atoms with Gasteiger partial charge in [-0.05, 0) is 22.8 Å². The van der Waals surface area contributed by atoms with Crippen molar-refractivity contribution in [3.8, 4) is 0 Å². The quantitative estimate of drug-likeness (QED) is 0.677. The lowest BCUT2D eigenvalue weighted by atomic mass is 9.74. The third kappa shape index (κ3) is 1.45. The van der Waals surface area contributed by atoms with E-state index in [1.54, 1.807) is 0 Å². The SMILES string of the molecule is O=C1C2=CC=C3C=CC=CC3C2=Cc2ccccc21. The minimum atomic E-state index is 0.145. The molecule has 0 N–H and O–H groups in total. The lowest BCUT2D eigenvalue weighted by Crippen LogP contribution is -2.20. The second-order valence-electron chi connectivity index (χ2n) is 4.98. The molecule has 0 fully saturated rings. The molecular weight excluding hydrogens is 232 g/mol. The van der Waals surface area contributed by atoms with Gasteiger partial charge in [0.2, 0.25) is 0 Å². The normalized spacial score (nSPS) is 22.8. The van der Waals surface area contributed by atoms with Crippen LogP contribution in [0.25, 0.3) is 6.08 Å². The molecule has 1 unspecified atom stereocenters. The molecule has 1 aromatic carbocycles. The Kier molecular flexibility index (Phi) is 2.10. The minimum absolute atomic E-state index is 0.145. The molecule has 0 spiro atoms. The summed E-state index contributed by atoms with van der Waals surface area (Å²) in [6, 6.07) is 7.82. The van der Waals surface area contributed by atoms with Gasteiger partial charge in [0.25, 0.3) is 0 Å². The van der Waals surface area contributed by atoms with Gasteiger partial charge in [-0.3, -0.25) is 4.79 Å². The predicted molar refractivity (Wildman–Crippen MR) is 76.7 cm³/mol. The summed E-state index contributed by atoms with van der Waals surface area (Å²) in [5.41, 5.74) is 5.06. The number of allylic oxidation sites excluding steroid dienone is 9. The zero-order valence-corrected chi connectivity index (χ0v) is 10.3. The van der Waals surface area contributed by atoms with Crippen molar-refractivity contribution in [2.24, 2.45) is 5.92 Å². The molecular formula is C18H12O. The van der Waals surface area contributed by atoms with Gasteiger partial charge in [-0.15, -0.1) is 0 Å². The first-order valence-corrected chi connectivity index (χ1v) is 6.47. The van der Waals surface area contributed by atoms with Crippen LogP contribution in [0.2, 0.25) is 0 Å². The fourth-order valence-corrected chi connectivity index (χ4v) is 2.96. The number of Topliss-reactive ketones (excluding diaryl/α,β-unsaturated/α-hetero) is 1. The molecule has 0 aliphatic heterocycles. The maximum atomic E-state index is 12.5. The second kappa shape index (κ2) is 3.79. The van der Waals surface area contributed by atoms with Crippen LogP contribution in [-0.4, -0.2) is 5.78 Å². The summed E-state index contributed by atoms with van der Waals surface area (Å²) in [5, 5.41) is 0. The lowest BCUT2D eigenvalue weighted by Gasteiger charge is -2.28. The van der Waals surface area contributed by atoms with Gasteiger partial charge in [-0.1, -0.05) is 60.7 Å². The molecule has 0 aromatic heterocycles. The lowest BCUT2D eigenvalue weighted by molar-refractivity contribution is 0.103. The molecule has 1 aromatic rings. The molecule has 4 rings (SSSR count). The summed E-state index contributed by atoms with van der Waals surface area (Å²) >= 11 is 0. The maximum Gasteiger partial charge on any atom is 0.193 e. The molecule has 1 atom stereocenters. The predicted octanol–water partition coefficient (Wildman–Crippen LogP) is 3.87. The molecule has 0 heterocycles. The van der Waals surface area contributed by atoms with Gasteiger partial charge >= 0.3 is 0 Å². The van der Waals surface area contributed by atoms with Gasteiger partial charge in [0.05, 0.1) is 0 Å². The highest BCUT2D eigenvalue weighted by Gasteiger charge is 2.30. The Morgan fingerprint density at radius 1 is 1.00 bits per heavy atom. The smallest absolute Gasteiger partial charge is 0.193 e. The molecule has 0 saturated carbocycles. The first-order chi connectivity index (χ1) is 9.34. The number of hydrogen-bond acceptors (Lipinski definition) is 1. The Hall–Kier alpha value is -2.41. The number of hydrogen-bond donors (Lipinski definition) is 0. The molecule has 0 saturated heterocycles. The van der Waals surface area contributed by atoms with E-state index in [9.17, 15) is 4.79 Å². The Bertz CT molecular complexity index is 739. The van der Waals surface area contributed by atoms with Crippen molar-refractivity contribution in [1.29, 1.82) is 0 Å². The Morgan fingerprint density at radius 2 is 1.89 bits per heavy atom. The first-order valence-electron chi connectivity index (χ1n) is 6.47. The standard InChI is InChI=1S/C18H12O/c19-18-15-8-4-2-6-13(15)11-17-14-7-3-1-5-12(14)9-10-16(17)18/h1-11,14H. The van der Waals surface area contributed by atoms with Crippen molar-refractivity contribution in [3.63, 3.8) is 0 Å². The third-order valence-corrected chi connectivity index (χ3v) is 3.91. The van der Waals surface area contributed by atoms with E-state index in [2.05, 4.69) is 30.4 Å². The second-order valence-corrected chi connectivity index (χ2v) is 4.98. The highest BCUT2D eigenvalue weighted by atomic mass is 16.1. The van der Waals surface area contributed by atoms with Crippen LogP contribution in [0.3, 0.4) is 0 Å². The minimum Gasteiger partial charge on any atom is -0.289 e. The van der Waals surface area contributed by atoms with Crippen LogP contribution in [-0.2, 0) is 0 Å². The largest absolute Gasteiger partial charge is 0.289 e. The van der Waals surface area contributed by atoms with E-state index in [0.717, 1.165) is 22.3 Å². The van der Waals surface area contributed by atoms with E-state index in [1.807, 2.05) is 36.4 Å². The molecule has 3 aliphatic rings. The number of ketones is 1. The van der Waals surface area contributed by atoms with Crippen molar-refractivity contribution in [2.45, 2.75) is 0 Å². The van der Waals surface area contributed by atoms with Gasteiger partial charge in [0.1, 0.15) is 0 Å². The average Bonchev–Trinajstić information content (AvgIpc) is 2.47. The van der Waals surface area contributed by atoms with Crippen LogP contribution in [0.1, 0.15) is 15.9 Å². The highest BCUT2D eigenvalue weighted by molar-refractivity contribution is 6.17. The van der Waals surface area contributed by atoms with E-state index < -0.39 is 0 Å². The number of fused-ring (bicyclic) bond motifs is 4. The number of carbonyl (C=O) groups excluding carboxylic acids is 1. The van der Waals surface area contributed by atoms with E-state index in [0.29, 0.717) is 0 Å². The molecule has 1 nitrogen and oxygen atoms in total. The summed E-state index contributed by atoms with van der Waals surface area (Å²) in [5.74, 6) is 0.369. The van der Waals surface area contributed by atoms with E-state index in [4.69, 9.17) is 0 Å². The summed E-state index contributed by atoms with van der Waals surface area (Å²) in [4.78, 5) is 12.5. The van der Waals surface area contributed by atoms with Gasteiger partial charge in [0.15, 0.2) is 5.78 Å². The summed E-state index contributed by atoms with van der Waals surface area (Å²) in [7, 11) is 0. The Morgan fingerprint density at radius 3 is 2.84 bits per heavy atom. The van der Waals surface area contributed by atoms with Crippen molar-refractivity contribution in [1.82, 2.24) is 0 Å². The van der Waals surface area contributed by atoms with E-state index in [1.165, 1.54) is 5.57 Å². The third-order valence-electron chi connectivity index (χ3n) is 3.91. The van der Waals surface area contributed by atoms with Crippen molar-refractivity contribution >= 4 is 11.9 Å². The zero-order valence-electron chi connectivity index (χ0n) is 10.3. The summed E-state index contributed by atoms with van der Waals surface area (Å²) in [6.45, 7) is 0. The van der Waals surface area contributed by atoms with Crippen LogP contribution in [0.5, 0.6) is 0 Å². The highest BCUT2D eigenvalue weighted by Crippen LogP contribution is 2.40. The van der Waals surface area contributed by atoms with E-state index >= 15 is 0 Å². The van der Waals surface area contributed by atoms with Crippen LogP contribution >= 0.6 is 0 Å². The summed E-state index contributed by atoms with van der Waals surface area (Å²) in [6.07, 6.45) is 14.5. The van der Waals surface area contributed by atoms with E-state index in [-0.39, 0.29) is 11.7 Å². The van der Waals surface area contributed by atoms with Gasteiger partial charge in [0, 0.05) is 17.1 Å². The molecule has 19 heavy (non-hydrogen) atoms. The number of benzene rings is 1. The first kappa shape index (κ1) is 10.5. The fraction of sp³-hybridized carbons (Fsp3) is 0.0556. The van der Waals surface area contributed by atoms with Gasteiger partial charge in [-0.25, -0.2) is 0 Å². The van der Waals surface area contributed by atoms with Crippen molar-refractivity contribution < 1.29 is 4.79 Å². The van der Waals surface area contributed by atoms with Crippen LogP contribution in [0.15, 0.2) is 77.4 Å². The van der Waals surface area contributed by atoms with Gasteiger partial charge in [-0.2, -0.15) is 0 Å². The monoisotopic (exact) mass is 244 g/mol. The van der Waals surface area contributed by atoms with Gasteiger partial charge < -0.3 is 0 Å². The molecule has 3 aliphatic carbocycles. The number of rotatable bonds is 0. The molecule has 90 valence electrons. The summed E-state index contributed by atoms with van der Waals surface area (Å²) < 4.78 is 0. The molecule has 0 amide bonds. The van der Waals surface area contributed by atoms with Crippen molar-refractivity contribution in [3.05, 3.63) is 88.6 Å². The molecule has 0 bridgehead atoms. The van der Waals surface area contributed by atoms with Crippen LogP contribution < -0.4 is 0 Å². The topological polar surface area (TPSA) is 17.1 Å². The van der Waals surface area contributed by atoms with Crippen LogP contribution in [0, 0.1) is 5.92 Å². The fourth-order valence-electron chi connectivity index (χ4n) is 2.96. The number of carbonyl (C=O) groups is 1. The maximum absolute atomic E-state index is 12.5. The van der Waals surface area contributed by atoms with Crippen molar-refractivity contribution in [2.75, 3.05) is 0 Å². The Balaban J connectivity index is 1.96. The average molecular weight is 244 g/mol. The molecule has 0 radical (unpaired) electrons. The zero-order chi connectivity index (χ0) is 12.8. The molecule has 1 heteroatoms.